The Morgan fingerprint density at radius 1 is 1.02 bits per heavy atom. The minimum absolute atomic E-state index is 0.234. The van der Waals surface area contributed by atoms with Gasteiger partial charge in [-0.15, -0.1) is 6.58 Å². The van der Waals surface area contributed by atoms with Gasteiger partial charge in [-0.1, -0.05) is 77.0 Å². The van der Waals surface area contributed by atoms with Gasteiger partial charge in [0.25, 0.3) is 11.5 Å². The quantitative estimate of drug-likeness (QED) is 0.154. The molecule has 0 bridgehead atoms. The van der Waals surface area contributed by atoms with Crippen molar-refractivity contribution in [2.45, 2.75) is 39.8 Å². The number of benzene rings is 4. The van der Waals surface area contributed by atoms with Gasteiger partial charge >= 0.3 is 0 Å². The Kier molecular flexibility index (Phi) is 9.99. The summed E-state index contributed by atoms with van der Waals surface area (Å²) in [6, 6.07) is 26.0. The highest BCUT2D eigenvalue weighted by atomic mass is 35.5. The molecule has 0 saturated carbocycles. The lowest BCUT2D eigenvalue weighted by Crippen LogP contribution is -2.40. The van der Waals surface area contributed by atoms with Crippen LogP contribution in [0.4, 0.5) is 5.69 Å². The molecule has 1 aliphatic heterocycles. The lowest BCUT2D eigenvalue weighted by molar-refractivity contribution is -0.113. The maximum absolute atomic E-state index is 14.3. The van der Waals surface area contributed by atoms with Gasteiger partial charge in [0.05, 0.1) is 29.0 Å². The number of aryl methyl sites for hydroxylation is 2. The predicted molar refractivity (Wildman–Crippen MR) is 197 cm³/mol. The van der Waals surface area contributed by atoms with Crippen LogP contribution in [0.15, 0.2) is 119 Å². The van der Waals surface area contributed by atoms with Gasteiger partial charge in [0.1, 0.15) is 18.1 Å². The number of aromatic nitrogens is 1. The van der Waals surface area contributed by atoms with Gasteiger partial charge in [0, 0.05) is 10.7 Å². The molecule has 0 radical (unpaired) electrons. The molecule has 6 rings (SSSR count). The van der Waals surface area contributed by atoms with E-state index in [0.29, 0.717) is 50.1 Å². The van der Waals surface area contributed by atoms with Crippen LogP contribution in [0.2, 0.25) is 5.02 Å². The molecule has 49 heavy (non-hydrogen) atoms. The van der Waals surface area contributed by atoms with Crippen LogP contribution >= 0.6 is 22.9 Å². The average molecular weight is 690 g/mol. The summed E-state index contributed by atoms with van der Waals surface area (Å²) in [4.78, 5) is 33.6. The summed E-state index contributed by atoms with van der Waals surface area (Å²) < 4.78 is 13.7. The lowest BCUT2D eigenvalue weighted by Gasteiger charge is -2.25. The Balaban J connectivity index is 1.39. The van der Waals surface area contributed by atoms with E-state index in [1.54, 1.807) is 11.7 Å². The molecule has 4 aromatic carbocycles. The minimum Gasteiger partial charge on any atom is -0.497 e. The summed E-state index contributed by atoms with van der Waals surface area (Å²) in [5, 5.41) is 3.75. The molecule has 0 saturated heterocycles. The molecule has 0 aliphatic carbocycles. The van der Waals surface area contributed by atoms with Crippen LogP contribution in [0, 0.1) is 13.8 Å². The largest absolute Gasteiger partial charge is 0.497 e. The van der Waals surface area contributed by atoms with E-state index in [1.807, 2.05) is 118 Å². The molecular weight excluding hydrogens is 654 g/mol. The summed E-state index contributed by atoms with van der Waals surface area (Å²) in [6.45, 7) is 10.1. The number of anilines is 1. The number of nitrogens with one attached hydrogen (secondary N) is 1. The number of amides is 1. The van der Waals surface area contributed by atoms with Gasteiger partial charge in [0.2, 0.25) is 0 Å². The van der Waals surface area contributed by atoms with Crippen molar-refractivity contribution in [1.29, 1.82) is 0 Å². The van der Waals surface area contributed by atoms with E-state index in [4.69, 9.17) is 26.1 Å². The van der Waals surface area contributed by atoms with Crippen molar-refractivity contribution in [1.82, 2.24) is 4.57 Å². The number of nitrogens with zero attached hydrogens (tertiary/aromatic N) is 2. The van der Waals surface area contributed by atoms with Crippen molar-refractivity contribution < 1.29 is 14.3 Å². The van der Waals surface area contributed by atoms with Crippen LogP contribution in [0.3, 0.4) is 0 Å². The highest BCUT2D eigenvalue weighted by Gasteiger charge is 2.32. The number of thiazole rings is 1. The van der Waals surface area contributed by atoms with Gasteiger partial charge in [0.15, 0.2) is 4.80 Å². The van der Waals surface area contributed by atoms with Crippen molar-refractivity contribution in [2.75, 3.05) is 12.4 Å². The first-order valence-corrected chi connectivity index (χ1v) is 17.0. The molecule has 2 heterocycles. The molecule has 9 heteroatoms. The van der Waals surface area contributed by atoms with Crippen molar-refractivity contribution in [2.24, 2.45) is 4.99 Å². The number of allylic oxidation sites excluding steroid dienone is 2. The van der Waals surface area contributed by atoms with Gasteiger partial charge in [-0.25, -0.2) is 4.99 Å². The third-order valence-corrected chi connectivity index (χ3v) is 9.62. The first-order valence-electron chi connectivity index (χ1n) is 15.8. The molecule has 0 fully saturated rings. The molecular formula is C40H36ClN3O4S. The number of hydrogen-bond donors (Lipinski definition) is 1. The highest BCUT2D eigenvalue weighted by molar-refractivity contribution is 7.07. The third kappa shape index (κ3) is 7.31. The van der Waals surface area contributed by atoms with Crippen molar-refractivity contribution in [3.63, 3.8) is 0 Å². The Morgan fingerprint density at radius 2 is 1.78 bits per heavy atom. The molecule has 1 amide bonds. The Bertz CT molecular complexity index is 2270. The topological polar surface area (TPSA) is 81.9 Å². The molecule has 248 valence electrons. The van der Waals surface area contributed by atoms with Crippen LogP contribution in [-0.4, -0.2) is 17.6 Å². The average Bonchev–Trinajstić information content (AvgIpc) is 3.39. The van der Waals surface area contributed by atoms with E-state index in [2.05, 4.69) is 11.9 Å². The lowest BCUT2D eigenvalue weighted by atomic mass is 9.95. The maximum Gasteiger partial charge on any atom is 0.271 e. The fraction of sp³-hybridized carbons (Fsp3) is 0.175. The maximum atomic E-state index is 14.3. The second kappa shape index (κ2) is 14.5. The zero-order valence-electron chi connectivity index (χ0n) is 27.7. The number of rotatable bonds is 10. The summed E-state index contributed by atoms with van der Waals surface area (Å²) in [7, 11) is 1.60. The summed E-state index contributed by atoms with van der Waals surface area (Å²) >= 11 is 7.33. The molecule has 1 N–H and O–H groups in total. The third-order valence-electron chi connectivity index (χ3n) is 8.38. The second-order valence-electron chi connectivity index (χ2n) is 11.9. The van der Waals surface area contributed by atoms with Gasteiger partial charge < -0.3 is 14.8 Å². The summed E-state index contributed by atoms with van der Waals surface area (Å²) in [6.07, 6.45) is 4.28. The number of carbonyl (C=O) groups is 1. The monoisotopic (exact) mass is 689 g/mol. The van der Waals surface area contributed by atoms with Crippen LogP contribution in [0.1, 0.15) is 46.3 Å². The normalized spacial score (nSPS) is 14.2. The van der Waals surface area contributed by atoms with Gasteiger partial charge in [-0.05, 0) is 104 Å². The van der Waals surface area contributed by atoms with E-state index >= 15 is 0 Å². The molecule has 5 aromatic rings. The zero-order chi connectivity index (χ0) is 34.7. The fourth-order valence-electron chi connectivity index (χ4n) is 5.89. The van der Waals surface area contributed by atoms with Crippen LogP contribution < -0.4 is 29.7 Å². The minimum atomic E-state index is -0.699. The summed E-state index contributed by atoms with van der Waals surface area (Å²) in [5.41, 5.74) is 7.03. The molecule has 1 atom stereocenters. The molecule has 0 unspecified atom stereocenters. The SMILES string of the molecule is C=CCc1cc(/C=c2/sc3n(c2=O)[C@@H](c2ccc(OC)cc2)C(C(=O)Nc2ccc(C)cc2C)=C(C)N=3)ccc1OCc1ccc(Cl)cc1. The van der Waals surface area contributed by atoms with Crippen molar-refractivity contribution in [3.05, 3.63) is 167 Å². The number of ether oxygens (including phenoxy) is 2. The second-order valence-corrected chi connectivity index (χ2v) is 13.3. The van der Waals surface area contributed by atoms with E-state index < -0.39 is 6.04 Å². The van der Waals surface area contributed by atoms with Crippen LogP contribution in [-0.2, 0) is 17.8 Å². The fourth-order valence-corrected chi connectivity index (χ4v) is 7.07. The standard InChI is InChI=1S/C40H36ClN3O4S/c1-6-7-30-21-28(11-19-34(30)48-23-27-9-14-31(41)15-10-27)22-35-39(46)44-37(29-12-16-32(47-5)17-13-29)36(26(4)42-40(44)49-35)38(45)43-33-18-8-24(2)20-25(33)3/h6,8-22,37H,1,7,23H2,2-5H3,(H,43,45)/b35-22+/t37-/m0/s1. The number of methoxy groups -OCH3 is 1. The Labute approximate surface area is 294 Å². The van der Waals surface area contributed by atoms with Crippen molar-refractivity contribution in [3.8, 4) is 11.5 Å². The highest BCUT2D eigenvalue weighted by Crippen LogP contribution is 2.32. The molecule has 7 nitrogen and oxygen atoms in total. The summed E-state index contributed by atoms with van der Waals surface area (Å²) in [5.74, 6) is 1.10. The number of halogens is 1. The van der Waals surface area contributed by atoms with E-state index in [9.17, 15) is 9.59 Å². The predicted octanol–water partition coefficient (Wildman–Crippen LogP) is 7.46. The molecule has 1 aliphatic rings. The molecule has 1 aromatic heterocycles. The van der Waals surface area contributed by atoms with Crippen molar-refractivity contribution >= 4 is 40.6 Å². The first-order chi connectivity index (χ1) is 23.6. The molecule has 0 spiro atoms. The van der Waals surface area contributed by atoms with E-state index in [0.717, 1.165) is 39.1 Å². The van der Waals surface area contributed by atoms with Crippen LogP contribution in [0.5, 0.6) is 11.5 Å². The van der Waals surface area contributed by atoms with Gasteiger partial charge in [-0.2, -0.15) is 0 Å². The first kappa shape index (κ1) is 33.7. The number of carbonyl (C=O) groups excluding carboxylic acids is 1. The van der Waals surface area contributed by atoms with Crippen LogP contribution in [0.25, 0.3) is 6.08 Å². The Morgan fingerprint density at radius 3 is 2.47 bits per heavy atom. The smallest absolute Gasteiger partial charge is 0.271 e. The Hall–Kier alpha value is -5.18. The van der Waals surface area contributed by atoms with E-state index in [-0.39, 0.29) is 11.5 Å². The number of hydrogen-bond acceptors (Lipinski definition) is 6. The van der Waals surface area contributed by atoms with E-state index in [1.165, 1.54) is 11.3 Å². The number of fused-ring (bicyclic) bond motifs is 1. The zero-order valence-corrected chi connectivity index (χ0v) is 29.3. The van der Waals surface area contributed by atoms with Gasteiger partial charge in [-0.3, -0.25) is 14.2 Å².